The van der Waals surface area contributed by atoms with Crippen LogP contribution in [0.1, 0.15) is 18.5 Å². The molecule has 1 aliphatic carbocycles. The summed E-state index contributed by atoms with van der Waals surface area (Å²) in [6, 6.07) is 15.2. The molecule has 1 aliphatic rings. The maximum absolute atomic E-state index is 4.38. The van der Waals surface area contributed by atoms with Crippen LogP contribution in [-0.2, 0) is 0 Å². The number of hydrogen-bond donors (Lipinski definition) is 0. The van der Waals surface area contributed by atoms with Crippen LogP contribution in [-0.4, -0.2) is 4.98 Å². The first-order chi connectivity index (χ1) is 8.95. The van der Waals surface area contributed by atoms with Crippen molar-refractivity contribution in [1.29, 1.82) is 0 Å². The van der Waals surface area contributed by atoms with Crippen LogP contribution in [0.25, 0.3) is 16.7 Å². The van der Waals surface area contributed by atoms with E-state index in [9.17, 15) is 0 Å². The molecule has 0 spiro atoms. The van der Waals surface area contributed by atoms with Crippen molar-refractivity contribution in [3.63, 3.8) is 0 Å². The fourth-order valence-corrected chi connectivity index (χ4v) is 2.17. The number of allylic oxidation sites excluding steroid dienone is 4. The van der Waals surface area contributed by atoms with Crippen molar-refractivity contribution in [3.8, 4) is 11.1 Å². The second-order valence-electron chi connectivity index (χ2n) is 4.28. The molecular weight excluding hydrogens is 218 g/mol. The highest BCUT2D eigenvalue weighted by Gasteiger charge is 2.09. The zero-order chi connectivity index (χ0) is 12.2. The first-order valence-electron chi connectivity index (χ1n) is 6.16. The van der Waals surface area contributed by atoms with E-state index in [0.717, 1.165) is 24.1 Å². The lowest BCUT2D eigenvalue weighted by molar-refractivity contribution is 1.04. The molecule has 0 saturated carbocycles. The third kappa shape index (κ3) is 2.06. The van der Waals surface area contributed by atoms with Crippen LogP contribution in [0.5, 0.6) is 0 Å². The van der Waals surface area contributed by atoms with Crippen LogP contribution in [0.3, 0.4) is 0 Å². The Bertz CT molecular complexity index is 594. The first kappa shape index (κ1) is 10.8. The SMILES string of the molecule is c1cc(-c2ccccc2)c(C2=CCCC=C2)nc#1. The zero-order valence-electron chi connectivity index (χ0n) is 10.1. The minimum atomic E-state index is 0.996. The van der Waals surface area contributed by atoms with E-state index >= 15 is 0 Å². The minimum Gasteiger partial charge on any atom is -0.196 e. The molecule has 3 rings (SSSR count). The zero-order valence-corrected chi connectivity index (χ0v) is 10.1. The van der Waals surface area contributed by atoms with Crippen LogP contribution in [0, 0.1) is 12.3 Å². The van der Waals surface area contributed by atoms with Gasteiger partial charge in [0.1, 0.15) is 0 Å². The Morgan fingerprint density at radius 3 is 2.72 bits per heavy atom. The van der Waals surface area contributed by atoms with Gasteiger partial charge in [-0.25, -0.2) is 0 Å². The Morgan fingerprint density at radius 1 is 1.06 bits per heavy atom. The van der Waals surface area contributed by atoms with Crippen LogP contribution in [0.2, 0.25) is 0 Å². The van der Waals surface area contributed by atoms with Gasteiger partial charge >= 0.3 is 0 Å². The molecule has 18 heavy (non-hydrogen) atoms. The highest BCUT2D eigenvalue weighted by molar-refractivity contribution is 5.83. The predicted molar refractivity (Wildman–Crippen MR) is 73.7 cm³/mol. The van der Waals surface area contributed by atoms with Crippen molar-refractivity contribution in [2.75, 3.05) is 0 Å². The summed E-state index contributed by atoms with van der Waals surface area (Å²) in [7, 11) is 0. The van der Waals surface area contributed by atoms with Crippen molar-refractivity contribution in [2.45, 2.75) is 12.8 Å². The molecule has 0 aliphatic heterocycles. The van der Waals surface area contributed by atoms with E-state index in [2.05, 4.69) is 47.6 Å². The fourth-order valence-electron chi connectivity index (χ4n) is 2.17. The molecule has 0 unspecified atom stereocenters. The van der Waals surface area contributed by atoms with E-state index in [1.54, 1.807) is 0 Å². The van der Waals surface area contributed by atoms with E-state index < -0.39 is 0 Å². The van der Waals surface area contributed by atoms with Gasteiger partial charge in [-0.2, -0.15) is 4.98 Å². The van der Waals surface area contributed by atoms with Gasteiger partial charge in [0.05, 0.1) is 5.69 Å². The van der Waals surface area contributed by atoms with Crippen molar-refractivity contribution < 1.29 is 0 Å². The van der Waals surface area contributed by atoms with Gasteiger partial charge in [0, 0.05) is 17.8 Å². The Labute approximate surface area is 108 Å². The molecule has 1 heteroatoms. The van der Waals surface area contributed by atoms with Gasteiger partial charge in [-0.3, -0.25) is 0 Å². The van der Waals surface area contributed by atoms with Gasteiger partial charge in [-0.15, -0.1) is 0 Å². The lowest BCUT2D eigenvalue weighted by Gasteiger charge is -2.10. The van der Waals surface area contributed by atoms with Crippen molar-refractivity contribution in [3.05, 3.63) is 72.6 Å². The summed E-state index contributed by atoms with van der Waals surface area (Å²) in [4.78, 5) is 4.38. The maximum atomic E-state index is 4.38. The Kier molecular flexibility index (Phi) is 2.94. The maximum Gasteiger partial charge on any atom is 0.0890 e. The summed E-state index contributed by atoms with van der Waals surface area (Å²) in [5.74, 6) is 0. The summed E-state index contributed by atoms with van der Waals surface area (Å²) in [6.07, 6.45) is 11.6. The summed E-state index contributed by atoms with van der Waals surface area (Å²) in [6.45, 7) is 0. The van der Waals surface area contributed by atoms with E-state index in [4.69, 9.17) is 0 Å². The molecule has 1 heterocycles. The molecule has 2 aromatic rings. The molecule has 1 aromatic carbocycles. The molecule has 0 radical (unpaired) electrons. The Hall–Kier alpha value is -2.33. The van der Waals surface area contributed by atoms with Crippen LogP contribution in [0.15, 0.2) is 54.6 Å². The average Bonchev–Trinajstić information content (AvgIpc) is 2.49. The van der Waals surface area contributed by atoms with Gasteiger partial charge in [-0.05, 0) is 30.0 Å². The average molecular weight is 231 g/mol. The molecule has 0 fully saturated rings. The largest absolute Gasteiger partial charge is 0.196 e. The smallest absolute Gasteiger partial charge is 0.0890 e. The Morgan fingerprint density at radius 2 is 1.94 bits per heavy atom. The van der Waals surface area contributed by atoms with Gasteiger partial charge in [0.15, 0.2) is 0 Å². The van der Waals surface area contributed by atoms with Crippen molar-refractivity contribution in [1.82, 2.24) is 4.98 Å². The summed E-state index contributed by atoms with van der Waals surface area (Å²) >= 11 is 0. The number of rotatable bonds is 2. The molecule has 1 nitrogen and oxygen atoms in total. The first-order valence-corrected chi connectivity index (χ1v) is 6.16. The highest BCUT2D eigenvalue weighted by atomic mass is 14.7. The standard InChI is InChI=1S/C17H13N/c1-3-8-14(9-4-1)16-12-7-13-18-17(16)15-10-5-2-6-11-15/h1,3-5,8-12H,2,6H2. The quantitative estimate of drug-likeness (QED) is 0.758. The lowest BCUT2D eigenvalue weighted by atomic mass is 9.97. The van der Waals surface area contributed by atoms with E-state index in [0.29, 0.717) is 0 Å². The summed E-state index contributed by atoms with van der Waals surface area (Å²) in [5.41, 5.74) is 4.47. The molecule has 0 atom stereocenters. The number of nitrogens with zero attached hydrogens (tertiary/aromatic N) is 1. The normalized spacial score (nSPS) is 13.9. The van der Waals surface area contributed by atoms with Crippen molar-refractivity contribution >= 4 is 5.57 Å². The number of aromatic nitrogens is 1. The molecule has 1 aromatic heterocycles. The minimum absolute atomic E-state index is 0.996. The third-order valence-electron chi connectivity index (χ3n) is 3.06. The van der Waals surface area contributed by atoms with E-state index in [-0.39, 0.29) is 0 Å². The number of benzene rings is 1. The molecule has 0 saturated heterocycles. The highest BCUT2D eigenvalue weighted by Crippen LogP contribution is 2.28. The fraction of sp³-hybridized carbons (Fsp3) is 0.118. The van der Waals surface area contributed by atoms with Crippen LogP contribution >= 0.6 is 0 Å². The predicted octanol–water partition coefficient (Wildman–Crippen LogP) is 4.08. The molecular formula is C17H13N. The van der Waals surface area contributed by atoms with Gasteiger partial charge in [-0.1, -0.05) is 48.6 Å². The van der Waals surface area contributed by atoms with E-state index in [1.165, 1.54) is 11.1 Å². The monoisotopic (exact) mass is 231 g/mol. The summed E-state index contributed by atoms with van der Waals surface area (Å²) in [5, 5.41) is 0. The molecule has 0 bridgehead atoms. The molecule has 86 valence electrons. The van der Waals surface area contributed by atoms with Gasteiger partial charge in [0.25, 0.3) is 0 Å². The molecule has 0 N–H and O–H groups in total. The number of hydrogen-bond acceptors (Lipinski definition) is 1. The molecule has 0 amide bonds. The Balaban J connectivity index is 2.11. The van der Waals surface area contributed by atoms with Crippen LogP contribution < -0.4 is 0 Å². The summed E-state index contributed by atoms with van der Waals surface area (Å²) < 4.78 is 0. The van der Waals surface area contributed by atoms with E-state index in [1.807, 2.05) is 24.3 Å². The van der Waals surface area contributed by atoms with Gasteiger partial charge < -0.3 is 0 Å². The topological polar surface area (TPSA) is 12.9 Å². The lowest BCUT2D eigenvalue weighted by Crippen LogP contribution is -1.93. The second-order valence-corrected chi connectivity index (χ2v) is 4.28. The second kappa shape index (κ2) is 4.89. The third-order valence-corrected chi connectivity index (χ3v) is 3.06. The van der Waals surface area contributed by atoms with Crippen LogP contribution in [0.4, 0.5) is 0 Å². The van der Waals surface area contributed by atoms with Crippen molar-refractivity contribution in [2.24, 2.45) is 0 Å². The van der Waals surface area contributed by atoms with Gasteiger partial charge in [0.2, 0.25) is 0 Å².